The third-order valence-electron chi connectivity index (χ3n) is 3.96. The number of amides is 1. The summed E-state index contributed by atoms with van der Waals surface area (Å²) in [4.78, 5) is 12.3. The van der Waals surface area contributed by atoms with Gasteiger partial charge in [-0.3, -0.25) is 4.79 Å². The smallest absolute Gasteiger partial charge is 0.248 e. The quantitative estimate of drug-likeness (QED) is 0.577. The molecule has 1 amide bonds. The molecule has 0 saturated carbocycles. The number of hydrogen-bond acceptors (Lipinski definition) is 4. The molecule has 0 aliphatic heterocycles. The molecule has 4 aromatic rings. The average Bonchev–Trinajstić information content (AvgIpc) is 3.21. The van der Waals surface area contributed by atoms with Crippen molar-refractivity contribution in [3.63, 3.8) is 0 Å². The lowest BCUT2D eigenvalue weighted by atomic mass is 10.0. The highest BCUT2D eigenvalue weighted by molar-refractivity contribution is 6.03. The summed E-state index contributed by atoms with van der Waals surface area (Å²) in [7, 11) is 0. The Balaban J connectivity index is 1.52. The van der Waals surface area contributed by atoms with Crippen LogP contribution in [0.4, 0.5) is 5.69 Å². The molecule has 0 atom stereocenters. The van der Waals surface area contributed by atoms with Gasteiger partial charge in [0.05, 0.1) is 5.69 Å². The molecule has 6 heteroatoms. The van der Waals surface area contributed by atoms with Gasteiger partial charge in [0, 0.05) is 11.8 Å². The second kappa shape index (κ2) is 6.98. The van der Waals surface area contributed by atoms with Crippen molar-refractivity contribution in [1.29, 1.82) is 0 Å². The fourth-order valence-electron chi connectivity index (χ4n) is 2.75. The van der Waals surface area contributed by atoms with Crippen molar-refractivity contribution in [2.75, 3.05) is 5.32 Å². The Kier molecular flexibility index (Phi) is 4.22. The second-order valence-corrected chi connectivity index (χ2v) is 5.70. The van der Waals surface area contributed by atoms with Gasteiger partial charge in [-0.15, -0.1) is 5.10 Å². The summed E-state index contributed by atoms with van der Waals surface area (Å²) < 4.78 is 1.53. The topological polar surface area (TPSA) is 72.7 Å². The minimum absolute atomic E-state index is 0.202. The van der Waals surface area contributed by atoms with Gasteiger partial charge in [0.2, 0.25) is 5.91 Å². The van der Waals surface area contributed by atoms with Crippen LogP contribution in [0, 0.1) is 0 Å². The number of anilines is 1. The van der Waals surface area contributed by atoms with Gasteiger partial charge in [0.25, 0.3) is 0 Å². The van der Waals surface area contributed by atoms with E-state index in [2.05, 4.69) is 33.0 Å². The van der Waals surface area contributed by atoms with E-state index in [1.54, 1.807) is 6.07 Å². The normalized spacial score (nSPS) is 11.1. The molecule has 3 aromatic carbocycles. The van der Waals surface area contributed by atoms with Gasteiger partial charge in [0.15, 0.2) is 0 Å². The predicted octanol–water partition coefficient (Wildman–Crippen LogP) is 3.47. The molecule has 0 fully saturated rings. The minimum atomic E-state index is -0.202. The molecule has 0 unspecified atom stereocenters. The summed E-state index contributed by atoms with van der Waals surface area (Å²) in [5.74, 6) is -0.202. The summed E-state index contributed by atoms with van der Waals surface area (Å²) >= 11 is 0. The van der Waals surface area contributed by atoms with Crippen LogP contribution >= 0.6 is 0 Å². The monoisotopic (exact) mass is 341 g/mol. The predicted molar refractivity (Wildman–Crippen MR) is 101 cm³/mol. The van der Waals surface area contributed by atoms with Gasteiger partial charge in [-0.1, -0.05) is 48.5 Å². The Hall–Kier alpha value is -3.80. The maximum atomic E-state index is 12.3. The number of rotatable bonds is 4. The summed E-state index contributed by atoms with van der Waals surface area (Å²) in [6.07, 6.45) is 4.86. The Bertz CT molecular complexity index is 1080. The van der Waals surface area contributed by atoms with Gasteiger partial charge in [0.1, 0.15) is 6.33 Å². The Morgan fingerprint density at radius 1 is 1.00 bits per heavy atom. The number of carbonyl (C=O) groups excluding carboxylic acids is 1. The Labute approximate surface area is 149 Å². The van der Waals surface area contributed by atoms with Crippen LogP contribution in [0.1, 0.15) is 5.56 Å². The maximum Gasteiger partial charge on any atom is 0.248 e. The number of benzene rings is 3. The average molecular weight is 341 g/mol. The lowest BCUT2D eigenvalue weighted by Crippen LogP contribution is -2.08. The number of tetrazole rings is 1. The first-order chi connectivity index (χ1) is 12.8. The first-order valence-electron chi connectivity index (χ1n) is 8.10. The zero-order valence-electron chi connectivity index (χ0n) is 13.8. The van der Waals surface area contributed by atoms with Crippen LogP contribution in [0.3, 0.4) is 0 Å². The van der Waals surface area contributed by atoms with Gasteiger partial charge in [-0.05, 0) is 51.0 Å². The molecule has 0 spiro atoms. The van der Waals surface area contributed by atoms with E-state index in [0.717, 1.165) is 22.0 Å². The lowest BCUT2D eigenvalue weighted by Gasteiger charge is -2.05. The first kappa shape index (κ1) is 15.7. The summed E-state index contributed by atoms with van der Waals surface area (Å²) in [6, 6.07) is 21.4. The van der Waals surface area contributed by atoms with Gasteiger partial charge >= 0.3 is 0 Å². The van der Waals surface area contributed by atoms with Crippen molar-refractivity contribution >= 4 is 28.4 Å². The van der Waals surface area contributed by atoms with E-state index in [1.165, 1.54) is 17.1 Å². The zero-order chi connectivity index (χ0) is 17.8. The fourth-order valence-corrected chi connectivity index (χ4v) is 2.75. The van der Waals surface area contributed by atoms with E-state index in [1.807, 2.05) is 54.6 Å². The van der Waals surface area contributed by atoms with Crippen LogP contribution < -0.4 is 5.32 Å². The van der Waals surface area contributed by atoms with Crippen molar-refractivity contribution in [3.8, 4) is 5.69 Å². The molecule has 0 aliphatic rings. The highest BCUT2D eigenvalue weighted by atomic mass is 16.1. The summed E-state index contributed by atoms with van der Waals surface area (Å²) in [5.41, 5.74) is 2.44. The third kappa shape index (κ3) is 3.34. The van der Waals surface area contributed by atoms with Crippen LogP contribution in [0.2, 0.25) is 0 Å². The molecule has 126 valence electrons. The minimum Gasteiger partial charge on any atom is -0.322 e. The number of hydrogen-bond donors (Lipinski definition) is 1. The molecular weight excluding hydrogens is 326 g/mol. The first-order valence-corrected chi connectivity index (χ1v) is 8.10. The molecule has 1 N–H and O–H groups in total. The van der Waals surface area contributed by atoms with E-state index in [9.17, 15) is 4.79 Å². The molecule has 0 saturated heterocycles. The standard InChI is InChI=1S/C20H15N5O/c26-20(12-11-16-7-3-6-15-5-1-2-10-19(15)16)22-17-8-4-9-18(13-17)25-14-21-23-24-25/h1-14H,(H,22,26)/b12-11+. The van der Waals surface area contributed by atoms with Crippen molar-refractivity contribution in [2.24, 2.45) is 0 Å². The molecule has 1 aromatic heterocycles. The highest BCUT2D eigenvalue weighted by Crippen LogP contribution is 2.20. The van der Waals surface area contributed by atoms with Crippen LogP contribution in [0.25, 0.3) is 22.5 Å². The molecule has 0 radical (unpaired) electrons. The van der Waals surface area contributed by atoms with E-state index >= 15 is 0 Å². The number of nitrogens with zero attached hydrogens (tertiary/aromatic N) is 4. The molecule has 0 aliphatic carbocycles. The Morgan fingerprint density at radius 3 is 2.73 bits per heavy atom. The molecule has 26 heavy (non-hydrogen) atoms. The second-order valence-electron chi connectivity index (χ2n) is 5.70. The summed E-state index contributed by atoms with van der Waals surface area (Å²) in [5, 5.41) is 16.2. The molecular formula is C20H15N5O. The third-order valence-corrected chi connectivity index (χ3v) is 3.96. The van der Waals surface area contributed by atoms with Crippen molar-refractivity contribution in [3.05, 3.63) is 84.7 Å². The number of aromatic nitrogens is 4. The molecule has 1 heterocycles. The SMILES string of the molecule is O=C(/C=C/c1cccc2ccccc12)Nc1cccc(-n2cnnn2)c1. The zero-order valence-corrected chi connectivity index (χ0v) is 13.8. The van der Waals surface area contributed by atoms with E-state index < -0.39 is 0 Å². The van der Waals surface area contributed by atoms with Gasteiger partial charge in [-0.2, -0.15) is 0 Å². The van der Waals surface area contributed by atoms with E-state index in [0.29, 0.717) is 5.69 Å². The number of carbonyl (C=O) groups is 1. The Morgan fingerprint density at radius 2 is 1.85 bits per heavy atom. The lowest BCUT2D eigenvalue weighted by molar-refractivity contribution is -0.111. The number of fused-ring (bicyclic) bond motifs is 1. The van der Waals surface area contributed by atoms with Gasteiger partial charge < -0.3 is 5.32 Å². The van der Waals surface area contributed by atoms with Crippen molar-refractivity contribution in [1.82, 2.24) is 20.2 Å². The molecule has 4 rings (SSSR count). The maximum absolute atomic E-state index is 12.3. The summed E-state index contributed by atoms with van der Waals surface area (Å²) in [6.45, 7) is 0. The van der Waals surface area contributed by atoms with Gasteiger partial charge in [-0.25, -0.2) is 4.68 Å². The largest absolute Gasteiger partial charge is 0.322 e. The van der Waals surface area contributed by atoms with Crippen molar-refractivity contribution < 1.29 is 4.79 Å². The highest BCUT2D eigenvalue weighted by Gasteiger charge is 2.03. The van der Waals surface area contributed by atoms with Crippen molar-refractivity contribution in [2.45, 2.75) is 0 Å². The van der Waals surface area contributed by atoms with E-state index in [4.69, 9.17) is 0 Å². The van der Waals surface area contributed by atoms with Crippen LogP contribution in [-0.4, -0.2) is 26.1 Å². The fraction of sp³-hybridized carbons (Fsp3) is 0. The molecule has 0 bridgehead atoms. The van der Waals surface area contributed by atoms with E-state index in [-0.39, 0.29) is 5.91 Å². The van der Waals surface area contributed by atoms with Crippen LogP contribution in [0.5, 0.6) is 0 Å². The van der Waals surface area contributed by atoms with Crippen LogP contribution in [0.15, 0.2) is 79.1 Å². The molecule has 6 nitrogen and oxygen atoms in total. The van der Waals surface area contributed by atoms with Crippen LogP contribution in [-0.2, 0) is 4.79 Å². The number of nitrogens with one attached hydrogen (secondary N) is 1.